The van der Waals surface area contributed by atoms with Crippen molar-refractivity contribution >= 4 is 36.8 Å². The number of rotatable bonds is 2. The van der Waals surface area contributed by atoms with E-state index in [1.54, 1.807) is 5.19 Å². The summed E-state index contributed by atoms with van der Waals surface area (Å²) in [6.07, 6.45) is 1.38. The lowest BCUT2D eigenvalue weighted by molar-refractivity contribution is 1.07. The number of thioether (sulfide) groups is 2. The third-order valence-electron chi connectivity index (χ3n) is 3.67. The predicted molar refractivity (Wildman–Crippen MR) is 81.5 cm³/mol. The third-order valence-corrected chi connectivity index (χ3v) is 14.4. The average Bonchev–Trinajstić information content (AvgIpc) is 2.31. The van der Waals surface area contributed by atoms with Crippen molar-refractivity contribution in [2.45, 2.75) is 30.1 Å². The van der Waals surface area contributed by atoms with Crippen LogP contribution in [0.2, 0.25) is 13.1 Å². The van der Waals surface area contributed by atoms with Crippen molar-refractivity contribution in [2.24, 2.45) is 0 Å². The van der Waals surface area contributed by atoms with E-state index in [1.165, 1.54) is 17.9 Å². The summed E-state index contributed by atoms with van der Waals surface area (Å²) in [5, 5.41) is 1.60. The molecule has 0 atom stereocenters. The molecule has 0 amide bonds. The van der Waals surface area contributed by atoms with Gasteiger partial charge in [0.05, 0.1) is 3.70 Å². The van der Waals surface area contributed by atoms with E-state index < -0.39 is 8.07 Å². The summed E-state index contributed by atoms with van der Waals surface area (Å²) in [6, 6.07) is 11.1. The van der Waals surface area contributed by atoms with Crippen molar-refractivity contribution in [1.82, 2.24) is 0 Å². The molecule has 0 radical (unpaired) electrons. The summed E-state index contributed by atoms with van der Waals surface area (Å²) in [6.45, 7) is 7.52. The van der Waals surface area contributed by atoms with Gasteiger partial charge >= 0.3 is 0 Å². The average molecular weight is 269 g/mol. The quantitative estimate of drug-likeness (QED) is 0.750. The van der Waals surface area contributed by atoms with E-state index in [2.05, 4.69) is 73.9 Å². The Morgan fingerprint density at radius 1 is 1.06 bits per heavy atom. The van der Waals surface area contributed by atoms with Crippen LogP contribution in [-0.4, -0.2) is 23.3 Å². The maximum atomic E-state index is 2.52. The smallest absolute Gasteiger partial charge is 0.109 e. The van der Waals surface area contributed by atoms with Crippen LogP contribution < -0.4 is 5.19 Å². The van der Waals surface area contributed by atoms with Crippen LogP contribution in [0.25, 0.3) is 0 Å². The number of benzene rings is 1. The molecule has 0 aromatic heterocycles. The van der Waals surface area contributed by atoms with E-state index >= 15 is 0 Å². The Kier molecular flexibility index (Phi) is 3.77. The highest BCUT2D eigenvalue weighted by Crippen LogP contribution is 2.47. The molecule has 0 saturated carbocycles. The molecule has 1 fully saturated rings. The molecular weight excluding hydrogens is 248 g/mol. The Bertz CT molecular complexity index is 342. The highest BCUT2D eigenvalue weighted by molar-refractivity contribution is 8.21. The molecular formula is C13H20S2Si. The molecule has 2 rings (SSSR count). The molecule has 0 aliphatic carbocycles. The molecule has 16 heavy (non-hydrogen) atoms. The first-order valence-corrected chi connectivity index (χ1v) is 10.9. The van der Waals surface area contributed by atoms with Crippen LogP contribution in [-0.2, 0) is 0 Å². The lowest BCUT2D eigenvalue weighted by Crippen LogP contribution is -2.58. The van der Waals surface area contributed by atoms with Gasteiger partial charge in [0.25, 0.3) is 0 Å². The zero-order chi connectivity index (χ0) is 11.6. The van der Waals surface area contributed by atoms with Crippen molar-refractivity contribution < 1.29 is 0 Å². The summed E-state index contributed by atoms with van der Waals surface area (Å²) in [4.78, 5) is 0. The molecule has 3 heteroatoms. The maximum Gasteiger partial charge on any atom is 0.109 e. The third kappa shape index (κ3) is 2.22. The zero-order valence-corrected chi connectivity index (χ0v) is 13.0. The lowest BCUT2D eigenvalue weighted by Gasteiger charge is -2.44. The van der Waals surface area contributed by atoms with Gasteiger partial charge in [-0.25, -0.2) is 0 Å². The SMILES string of the molecule is CC1([Si](C)(C)c2ccccc2)SCCCS1. The van der Waals surface area contributed by atoms with Gasteiger partial charge in [0.15, 0.2) is 0 Å². The number of hydrogen-bond donors (Lipinski definition) is 0. The fraction of sp³-hybridized carbons (Fsp3) is 0.538. The molecule has 1 aliphatic heterocycles. The van der Waals surface area contributed by atoms with E-state index in [9.17, 15) is 0 Å². The minimum Gasteiger partial charge on any atom is -0.148 e. The monoisotopic (exact) mass is 268 g/mol. The summed E-state index contributed by atoms with van der Waals surface area (Å²) in [7, 11) is -1.38. The van der Waals surface area contributed by atoms with Crippen molar-refractivity contribution in [3.8, 4) is 0 Å². The topological polar surface area (TPSA) is 0 Å². The molecule has 1 aliphatic rings. The Hall–Kier alpha value is 0.137. The fourth-order valence-corrected chi connectivity index (χ4v) is 10.2. The standard InChI is InChI=1S/C13H20S2Si/c1-13(14-10-7-11-15-13)16(2,3)12-8-5-4-6-9-12/h4-6,8-9H,7,10-11H2,1-3H3. The van der Waals surface area contributed by atoms with Gasteiger partial charge in [-0.05, 0) is 24.9 Å². The molecule has 1 heterocycles. The minimum absolute atomic E-state index is 0.451. The van der Waals surface area contributed by atoms with Crippen LogP contribution >= 0.6 is 23.5 Å². The molecule has 0 bridgehead atoms. The van der Waals surface area contributed by atoms with Crippen LogP contribution in [0.4, 0.5) is 0 Å². The second kappa shape index (κ2) is 4.79. The highest BCUT2D eigenvalue weighted by Gasteiger charge is 2.46. The fourth-order valence-electron chi connectivity index (χ4n) is 2.11. The highest BCUT2D eigenvalue weighted by atomic mass is 32.2. The maximum absolute atomic E-state index is 2.52. The van der Waals surface area contributed by atoms with Gasteiger partial charge in [0.2, 0.25) is 0 Å². The van der Waals surface area contributed by atoms with Gasteiger partial charge in [0.1, 0.15) is 8.07 Å². The minimum atomic E-state index is -1.38. The van der Waals surface area contributed by atoms with Gasteiger partial charge in [-0.2, -0.15) is 0 Å². The van der Waals surface area contributed by atoms with Gasteiger partial charge in [-0.15, -0.1) is 23.5 Å². The second-order valence-corrected chi connectivity index (χ2v) is 13.8. The Labute approximate surface area is 109 Å². The number of hydrogen-bond acceptors (Lipinski definition) is 2. The first-order valence-electron chi connectivity index (χ1n) is 5.90. The van der Waals surface area contributed by atoms with Crippen molar-refractivity contribution in [3.63, 3.8) is 0 Å². The van der Waals surface area contributed by atoms with Crippen LogP contribution in [0.1, 0.15) is 13.3 Å². The van der Waals surface area contributed by atoms with Gasteiger partial charge in [0, 0.05) is 0 Å². The molecule has 0 spiro atoms. The van der Waals surface area contributed by atoms with E-state index in [4.69, 9.17) is 0 Å². The van der Waals surface area contributed by atoms with E-state index in [1.807, 2.05) is 0 Å². The Balaban J connectivity index is 2.30. The molecule has 1 aromatic carbocycles. The molecule has 1 saturated heterocycles. The van der Waals surface area contributed by atoms with Crippen LogP contribution in [0.15, 0.2) is 30.3 Å². The van der Waals surface area contributed by atoms with Crippen molar-refractivity contribution in [2.75, 3.05) is 11.5 Å². The summed E-state index contributed by atoms with van der Waals surface area (Å²) >= 11 is 4.38. The zero-order valence-electron chi connectivity index (χ0n) is 10.3. The van der Waals surface area contributed by atoms with Crippen molar-refractivity contribution in [1.29, 1.82) is 0 Å². The molecule has 0 nitrogen and oxygen atoms in total. The Morgan fingerprint density at radius 3 is 2.19 bits per heavy atom. The van der Waals surface area contributed by atoms with E-state index in [0.717, 1.165) is 0 Å². The van der Waals surface area contributed by atoms with Crippen LogP contribution in [0.3, 0.4) is 0 Å². The van der Waals surface area contributed by atoms with Crippen molar-refractivity contribution in [3.05, 3.63) is 30.3 Å². The van der Waals surface area contributed by atoms with Gasteiger partial charge < -0.3 is 0 Å². The predicted octanol–water partition coefficient (Wildman–Crippen LogP) is 3.73. The Morgan fingerprint density at radius 2 is 1.62 bits per heavy atom. The molecule has 1 aromatic rings. The first-order chi connectivity index (χ1) is 7.56. The first kappa shape index (κ1) is 12.6. The summed E-state index contributed by atoms with van der Waals surface area (Å²) < 4.78 is 0.451. The normalized spacial score (nSPS) is 20.7. The van der Waals surface area contributed by atoms with Gasteiger partial charge in [-0.3, -0.25) is 0 Å². The molecule has 0 N–H and O–H groups in total. The van der Waals surface area contributed by atoms with Crippen LogP contribution in [0, 0.1) is 0 Å². The second-order valence-electron chi connectivity index (χ2n) is 4.99. The van der Waals surface area contributed by atoms with Gasteiger partial charge in [-0.1, -0.05) is 48.6 Å². The summed E-state index contributed by atoms with van der Waals surface area (Å²) in [5.74, 6) is 2.68. The van der Waals surface area contributed by atoms with E-state index in [0.29, 0.717) is 3.70 Å². The largest absolute Gasteiger partial charge is 0.148 e. The summed E-state index contributed by atoms with van der Waals surface area (Å²) in [5.41, 5.74) is 0. The lowest BCUT2D eigenvalue weighted by atomic mass is 10.4. The molecule has 0 unspecified atom stereocenters. The van der Waals surface area contributed by atoms with Crippen LogP contribution in [0.5, 0.6) is 0 Å². The molecule has 88 valence electrons. The van der Waals surface area contributed by atoms with E-state index in [-0.39, 0.29) is 0 Å².